The standard InChI is InChI=1S/C17H27NO2/c1-12(18-17(5,6)15(19)20-7)13-8-10-14(11-9-13)16(2,3)4/h8-12,18H,1-7H3. The molecule has 0 aromatic heterocycles. The van der Waals surface area contributed by atoms with Gasteiger partial charge in [0.25, 0.3) is 0 Å². The average molecular weight is 277 g/mol. The van der Waals surface area contributed by atoms with E-state index in [0.717, 1.165) is 5.56 Å². The molecule has 0 aliphatic rings. The maximum absolute atomic E-state index is 11.7. The van der Waals surface area contributed by atoms with Gasteiger partial charge in [-0.25, -0.2) is 0 Å². The number of methoxy groups -OCH3 is 1. The average Bonchev–Trinajstić information content (AvgIpc) is 2.36. The minimum absolute atomic E-state index is 0.0816. The van der Waals surface area contributed by atoms with Gasteiger partial charge in [0.2, 0.25) is 0 Å². The lowest BCUT2D eigenvalue weighted by Gasteiger charge is -2.28. The number of carbonyl (C=O) groups excluding carboxylic acids is 1. The van der Waals surface area contributed by atoms with Crippen LogP contribution in [0.15, 0.2) is 24.3 Å². The first-order valence-electron chi connectivity index (χ1n) is 7.04. The van der Waals surface area contributed by atoms with Crippen molar-refractivity contribution in [3.63, 3.8) is 0 Å². The molecule has 0 saturated heterocycles. The van der Waals surface area contributed by atoms with Gasteiger partial charge in [-0.2, -0.15) is 0 Å². The van der Waals surface area contributed by atoms with Crippen molar-refractivity contribution in [1.29, 1.82) is 0 Å². The Balaban J connectivity index is 2.83. The Morgan fingerprint density at radius 2 is 1.60 bits per heavy atom. The lowest BCUT2D eigenvalue weighted by molar-refractivity contribution is -0.147. The summed E-state index contributed by atoms with van der Waals surface area (Å²) in [7, 11) is 1.41. The van der Waals surface area contributed by atoms with Crippen molar-refractivity contribution in [2.75, 3.05) is 7.11 Å². The van der Waals surface area contributed by atoms with Crippen molar-refractivity contribution in [2.45, 2.75) is 58.5 Å². The van der Waals surface area contributed by atoms with Gasteiger partial charge in [0.15, 0.2) is 0 Å². The Morgan fingerprint density at radius 1 is 1.10 bits per heavy atom. The van der Waals surface area contributed by atoms with Crippen LogP contribution in [0, 0.1) is 0 Å². The van der Waals surface area contributed by atoms with Crippen LogP contribution in [0.5, 0.6) is 0 Å². The summed E-state index contributed by atoms with van der Waals surface area (Å²) in [5.74, 6) is -0.254. The van der Waals surface area contributed by atoms with E-state index in [-0.39, 0.29) is 17.4 Å². The fraction of sp³-hybridized carbons (Fsp3) is 0.588. The summed E-state index contributed by atoms with van der Waals surface area (Å²) in [5, 5.41) is 3.31. The van der Waals surface area contributed by atoms with E-state index in [1.807, 2.05) is 13.8 Å². The van der Waals surface area contributed by atoms with Gasteiger partial charge in [0.05, 0.1) is 7.11 Å². The molecule has 1 atom stereocenters. The number of ether oxygens (including phenoxy) is 1. The molecule has 0 radical (unpaired) electrons. The topological polar surface area (TPSA) is 38.3 Å². The van der Waals surface area contributed by atoms with Crippen LogP contribution in [0.1, 0.15) is 58.7 Å². The van der Waals surface area contributed by atoms with E-state index in [9.17, 15) is 4.79 Å². The molecule has 1 N–H and O–H groups in total. The van der Waals surface area contributed by atoms with Crippen LogP contribution in [-0.4, -0.2) is 18.6 Å². The Labute approximate surface area is 122 Å². The van der Waals surface area contributed by atoms with Gasteiger partial charge in [-0.1, -0.05) is 45.0 Å². The van der Waals surface area contributed by atoms with E-state index in [1.165, 1.54) is 12.7 Å². The largest absolute Gasteiger partial charge is 0.468 e. The summed E-state index contributed by atoms with van der Waals surface area (Å²) in [6.45, 7) is 12.3. The molecule has 1 rings (SSSR count). The first-order valence-corrected chi connectivity index (χ1v) is 7.04. The van der Waals surface area contributed by atoms with Crippen LogP contribution in [0.25, 0.3) is 0 Å². The van der Waals surface area contributed by atoms with Crippen molar-refractivity contribution < 1.29 is 9.53 Å². The molecule has 0 spiro atoms. The number of hydrogen-bond donors (Lipinski definition) is 1. The zero-order chi connectivity index (χ0) is 15.6. The van der Waals surface area contributed by atoms with Crippen molar-refractivity contribution >= 4 is 5.97 Å². The molecule has 0 heterocycles. The van der Waals surface area contributed by atoms with Gasteiger partial charge in [-0.05, 0) is 37.3 Å². The zero-order valence-electron chi connectivity index (χ0n) is 13.7. The highest BCUT2D eigenvalue weighted by atomic mass is 16.5. The van der Waals surface area contributed by atoms with Crippen LogP contribution in [-0.2, 0) is 14.9 Å². The molecular formula is C17H27NO2. The van der Waals surface area contributed by atoms with E-state index >= 15 is 0 Å². The SMILES string of the molecule is COC(=O)C(C)(C)NC(C)c1ccc(C(C)(C)C)cc1. The predicted molar refractivity (Wildman–Crippen MR) is 82.8 cm³/mol. The van der Waals surface area contributed by atoms with E-state index in [4.69, 9.17) is 4.74 Å². The second-order valence-corrected chi connectivity index (χ2v) is 6.85. The van der Waals surface area contributed by atoms with Gasteiger partial charge < -0.3 is 4.74 Å². The highest BCUT2D eigenvalue weighted by molar-refractivity contribution is 5.79. The molecule has 1 aromatic carbocycles. The molecule has 112 valence electrons. The molecule has 0 fully saturated rings. The van der Waals surface area contributed by atoms with E-state index in [1.54, 1.807) is 0 Å². The maximum atomic E-state index is 11.7. The zero-order valence-corrected chi connectivity index (χ0v) is 13.7. The van der Waals surface area contributed by atoms with Gasteiger partial charge in [0.1, 0.15) is 5.54 Å². The number of rotatable bonds is 4. The molecule has 1 aromatic rings. The van der Waals surface area contributed by atoms with Crippen molar-refractivity contribution in [3.05, 3.63) is 35.4 Å². The molecule has 0 bridgehead atoms. The number of carbonyl (C=O) groups is 1. The summed E-state index contributed by atoms with van der Waals surface area (Å²) in [6, 6.07) is 8.62. The Morgan fingerprint density at radius 3 is 2.00 bits per heavy atom. The number of benzene rings is 1. The quantitative estimate of drug-likeness (QED) is 0.855. The molecular weight excluding hydrogens is 250 g/mol. The molecule has 20 heavy (non-hydrogen) atoms. The van der Waals surface area contributed by atoms with Crippen LogP contribution in [0.3, 0.4) is 0 Å². The minimum Gasteiger partial charge on any atom is -0.468 e. The van der Waals surface area contributed by atoms with Gasteiger partial charge in [-0.3, -0.25) is 10.1 Å². The van der Waals surface area contributed by atoms with Crippen LogP contribution in [0.4, 0.5) is 0 Å². The first kappa shape index (κ1) is 16.7. The van der Waals surface area contributed by atoms with E-state index < -0.39 is 5.54 Å². The van der Waals surface area contributed by atoms with E-state index in [0.29, 0.717) is 0 Å². The van der Waals surface area contributed by atoms with Crippen molar-refractivity contribution in [1.82, 2.24) is 5.32 Å². The molecule has 0 saturated carbocycles. The fourth-order valence-electron chi connectivity index (χ4n) is 2.21. The third kappa shape index (κ3) is 4.07. The van der Waals surface area contributed by atoms with Gasteiger partial charge in [-0.15, -0.1) is 0 Å². The van der Waals surface area contributed by atoms with Crippen LogP contribution >= 0.6 is 0 Å². The van der Waals surface area contributed by atoms with E-state index in [2.05, 4.69) is 57.3 Å². The Hall–Kier alpha value is -1.35. The van der Waals surface area contributed by atoms with Crippen molar-refractivity contribution in [3.8, 4) is 0 Å². The smallest absolute Gasteiger partial charge is 0.325 e. The first-order chi connectivity index (χ1) is 9.08. The molecule has 0 aliphatic carbocycles. The Bertz CT molecular complexity index is 455. The van der Waals surface area contributed by atoms with Gasteiger partial charge in [0, 0.05) is 6.04 Å². The van der Waals surface area contributed by atoms with Gasteiger partial charge >= 0.3 is 5.97 Å². The predicted octanol–water partition coefficient (Wildman–Crippen LogP) is 3.59. The summed E-state index contributed by atoms with van der Waals surface area (Å²) < 4.78 is 4.81. The third-order valence-electron chi connectivity index (χ3n) is 3.55. The summed E-state index contributed by atoms with van der Waals surface area (Å²) in [5.41, 5.74) is 1.92. The fourth-order valence-corrected chi connectivity index (χ4v) is 2.21. The minimum atomic E-state index is -0.698. The number of nitrogens with one attached hydrogen (secondary N) is 1. The maximum Gasteiger partial charge on any atom is 0.325 e. The van der Waals surface area contributed by atoms with Crippen molar-refractivity contribution in [2.24, 2.45) is 0 Å². The number of esters is 1. The van der Waals surface area contributed by atoms with Crippen LogP contribution < -0.4 is 5.32 Å². The highest BCUT2D eigenvalue weighted by Crippen LogP contribution is 2.24. The summed E-state index contributed by atoms with van der Waals surface area (Å²) in [6.07, 6.45) is 0. The second-order valence-electron chi connectivity index (χ2n) is 6.85. The molecule has 3 heteroatoms. The Kier molecular flexibility index (Phi) is 4.98. The molecule has 3 nitrogen and oxygen atoms in total. The lowest BCUT2D eigenvalue weighted by atomic mass is 9.86. The highest BCUT2D eigenvalue weighted by Gasteiger charge is 2.30. The second kappa shape index (κ2) is 5.96. The molecule has 1 unspecified atom stereocenters. The molecule has 0 aliphatic heterocycles. The normalized spacial score (nSPS) is 13.9. The summed E-state index contributed by atoms with van der Waals surface area (Å²) >= 11 is 0. The summed E-state index contributed by atoms with van der Waals surface area (Å²) in [4.78, 5) is 11.7. The van der Waals surface area contributed by atoms with Crippen LogP contribution in [0.2, 0.25) is 0 Å². The monoisotopic (exact) mass is 277 g/mol. The third-order valence-corrected chi connectivity index (χ3v) is 3.55. The number of hydrogen-bond acceptors (Lipinski definition) is 3. The molecule has 0 amide bonds. The lowest BCUT2D eigenvalue weighted by Crippen LogP contribution is -2.48.